The summed E-state index contributed by atoms with van der Waals surface area (Å²) in [5.41, 5.74) is 2.52. The number of hydrogen-bond acceptors (Lipinski definition) is 2. The number of rotatable bonds is 4. The number of nitrogens with zero attached hydrogens (tertiary/aromatic N) is 1. The van der Waals surface area contributed by atoms with E-state index in [2.05, 4.69) is 35.0 Å². The van der Waals surface area contributed by atoms with Crippen LogP contribution >= 0.6 is 0 Å². The molecule has 2 heterocycles. The number of hydrogen-bond donors (Lipinski definition) is 1. The zero-order valence-electron chi connectivity index (χ0n) is 11.8. The van der Waals surface area contributed by atoms with Gasteiger partial charge in [0.2, 0.25) is 0 Å². The van der Waals surface area contributed by atoms with Crippen molar-refractivity contribution in [3.05, 3.63) is 30.0 Å². The molecule has 1 aromatic carbocycles. The first-order valence-corrected chi connectivity index (χ1v) is 7.16. The number of fused-ring (bicyclic) bond motifs is 1. The fourth-order valence-corrected chi connectivity index (χ4v) is 3.02. The average Bonchev–Trinajstić information content (AvgIpc) is 3.01. The number of H-pyrrole nitrogens is 1. The summed E-state index contributed by atoms with van der Waals surface area (Å²) in [6.07, 6.45) is 3.80. The SMILES string of the molecule is COc1ccc2[nH]c(CCN3CCC[C@H]3C)cc2c1. The topological polar surface area (TPSA) is 28.3 Å². The molecule has 1 fully saturated rings. The van der Waals surface area contributed by atoms with E-state index in [1.807, 2.05) is 6.07 Å². The van der Waals surface area contributed by atoms with Crippen LogP contribution in [0.25, 0.3) is 10.9 Å². The lowest BCUT2D eigenvalue weighted by Crippen LogP contribution is -2.29. The van der Waals surface area contributed by atoms with Crippen LogP contribution in [-0.4, -0.2) is 36.1 Å². The summed E-state index contributed by atoms with van der Waals surface area (Å²) in [6.45, 7) is 4.75. The fraction of sp³-hybridized carbons (Fsp3) is 0.500. The van der Waals surface area contributed by atoms with Gasteiger partial charge in [0, 0.05) is 35.6 Å². The van der Waals surface area contributed by atoms with E-state index in [0.29, 0.717) is 0 Å². The van der Waals surface area contributed by atoms with Gasteiger partial charge in [0.1, 0.15) is 5.75 Å². The second-order valence-electron chi connectivity index (χ2n) is 5.52. The Morgan fingerprint density at radius 1 is 1.37 bits per heavy atom. The Morgan fingerprint density at radius 3 is 3.00 bits per heavy atom. The third kappa shape index (κ3) is 2.61. The number of aromatic amines is 1. The largest absolute Gasteiger partial charge is 0.497 e. The Hall–Kier alpha value is -1.48. The molecule has 1 aromatic heterocycles. The van der Waals surface area contributed by atoms with Gasteiger partial charge in [-0.3, -0.25) is 0 Å². The van der Waals surface area contributed by atoms with Crippen molar-refractivity contribution >= 4 is 10.9 Å². The van der Waals surface area contributed by atoms with Crippen molar-refractivity contribution in [1.29, 1.82) is 0 Å². The Kier molecular flexibility index (Phi) is 3.47. The van der Waals surface area contributed by atoms with Gasteiger partial charge in [-0.05, 0) is 50.6 Å². The van der Waals surface area contributed by atoms with Crippen LogP contribution in [0, 0.1) is 0 Å². The highest BCUT2D eigenvalue weighted by Gasteiger charge is 2.19. The van der Waals surface area contributed by atoms with Crippen molar-refractivity contribution in [3.8, 4) is 5.75 Å². The number of likely N-dealkylation sites (tertiary alicyclic amines) is 1. The maximum Gasteiger partial charge on any atom is 0.119 e. The summed E-state index contributed by atoms with van der Waals surface area (Å²) < 4.78 is 5.26. The molecule has 0 radical (unpaired) electrons. The smallest absolute Gasteiger partial charge is 0.119 e. The van der Waals surface area contributed by atoms with Crippen LogP contribution in [0.1, 0.15) is 25.5 Å². The Morgan fingerprint density at radius 2 is 2.26 bits per heavy atom. The molecule has 0 unspecified atom stereocenters. The monoisotopic (exact) mass is 258 g/mol. The van der Waals surface area contributed by atoms with E-state index in [1.54, 1.807) is 7.11 Å². The first-order chi connectivity index (χ1) is 9.26. The van der Waals surface area contributed by atoms with E-state index in [4.69, 9.17) is 4.74 Å². The second-order valence-corrected chi connectivity index (χ2v) is 5.52. The maximum atomic E-state index is 5.26. The fourth-order valence-electron chi connectivity index (χ4n) is 3.02. The average molecular weight is 258 g/mol. The van der Waals surface area contributed by atoms with E-state index in [9.17, 15) is 0 Å². The van der Waals surface area contributed by atoms with Gasteiger partial charge in [-0.2, -0.15) is 0 Å². The van der Waals surface area contributed by atoms with Crippen molar-refractivity contribution in [2.45, 2.75) is 32.2 Å². The van der Waals surface area contributed by atoms with Gasteiger partial charge < -0.3 is 14.6 Å². The molecule has 0 bridgehead atoms. The summed E-state index contributed by atoms with van der Waals surface area (Å²) in [5, 5.41) is 1.24. The molecule has 102 valence electrons. The van der Waals surface area contributed by atoms with E-state index >= 15 is 0 Å². The molecule has 0 saturated carbocycles. The minimum atomic E-state index is 0.754. The van der Waals surface area contributed by atoms with Crippen molar-refractivity contribution in [1.82, 2.24) is 9.88 Å². The van der Waals surface area contributed by atoms with Gasteiger partial charge >= 0.3 is 0 Å². The zero-order chi connectivity index (χ0) is 13.2. The Balaban J connectivity index is 1.71. The lowest BCUT2D eigenvalue weighted by Gasteiger charge is -2.20. The van der Waals surface area contributed by atoms with Crippen LogP contribution in [0.3, 0.4) is 0 Å². The van der Waals surface area contributed by atoms with Crippen molar-refractivity contribution in [2.75, 3.05) is 20.2 Å². The minimum Gasteiger partial charge on any atom is -0.497 e. The summed E-state index contributed by atoms with van der Waals surface area (Å²) in [5.74, 6) is 0.922. The highest BCUT2D eigenvalue weighted by molar-refractivity contribution is 5.81. The lowest BCUT2D eigenvalue weighted by molar-refractivity contribution is 0.271. The van der Waals surface area contributed by atoms with Gasteiger partial charge in [0.05, 0.1) is 7.11 Å². The predicted octanol–water partition coefficient (Wildman–Crippen LogP) is 3.20. The molecule has 0 amide bonds. The molecule has 19 heavy (non-hydrogen) atoms. The number of benzene rings is 1. The van der Waals surface area contributed by atoms with E-state index in [-0.39, 0.29) is 0 Å². The first kappa shape index (κ1) is 12.5. The summed E-state index contributed by atoms with van der Waals surface area (Å²) in [6, 6.07) is 9.19. The van der Waals surface area contributed by atoms with Crippen LogP contribution in [0.5, 0.6) is 5.75 Å². The van der Waals surface area contributed by atoms with Gasteiger partial charge in [0.15, 0.2) is 0 Å². The molecular formula is C16H22N2O. The summed E-state index contributed by atoms with van der Waals surface area (Å²) in [4.78, 5) is 6.09. The first-order valence-electron chi connectivity index (χ1n) is 7.16. The molecule has 1 aliphatic rings. The summed E-state index contributed by atoms with van der Waals surface area (Å²) in [7, 11) is 1.71. The Bertz CT molecular complexity index is 561. The predicted molar refractivity (Wildman–Crippen MR) is 78.8 cm³/mol. The standard InChI is InChI=1S/C16H22N2O/c1-12-4-3-8-18(12)9-7-14-10-13-11-15(19-2)5-6-16(13)17-14/h5-6,10-12,17H,3-4,7-9H2,1-2H3/t12-/m1/s1. The van der Waals surface area contributed by atoms with Gasteiger partial charge in [-0.15, -0.1) is 0 Å². The van der Waals surface area contributed by atoms with E-state index in [0.717, 1.165) is 24.8 Å². The molecule has 1 N–H and O–H groups in total. The van der Waals surface area contributed by atoms with Crippen LogP contribution in [0.15, 0.2) is 24.3 Å². The number of methoxy groups -OCH3 is 1. The second kappa shape index (κ2) is 5.25. The number of aromatic nitrogens is 1. The maximum absolute atomic E-state index is 5.26. The molecule has 3 nitrogen and oxygen atoms in total. The molecule has 3 rings (SSSR count). The van der Waals surface area contributed by atoms with Crippen LogP contribution in [-0.2, 0) is 6.42 Å². The summed E-state index contributed by atoms with van der Waals surface area (Å²) >= 11 is 0. The molecule has 3 heteroatoms. The van der Waals surface area contributed by atoms with Crippen LogP contribution < -0.4 is 4.74 Å². The van der Waals surface area contributed by atoms with E-state index < -0.39 is 0 Å². The van der Waals surface area contributed by atoms with Crippen molar-refractivity contribution < 1.29 is 4.74 Å². The highest BCUT2D eigenvalue weighted by Crippen LogP contribution is 2.22. The van der Waals surface area contributed by atoms with Gasteiger partial charge in [-0.1, -0.05) is 0 Å². The van der Waals surface area contributed by atoms with Crippen LogP contribution in [0.4, 0.5) is 0 Å². The third-order valence-corrected chi connectivity index (χ3v) is 4.24. The molecule has 2 aromatic rings. The van der Waals surface area contributed by atoms with Crippen molar-refractivity contribution in [3.63, 3.8) is 0 Å². The molecule has 1 aliphatic heterocycles. The van der Waals surface area contributed by atoms with E-state index in [1.165, 1.54) is 36.0 Å². The molecule has 0 spiro atoms. The zero-order valence-corrected chi connectivity index (χ0v) is 11.8. The third-order valence-electron chi connectivity index (χ3n) is 4.24. The normalized spacial score (nSPS) is 20.2. The van der Waals surface area contributed by atoms with Crippen LogP contribution in [0.2, 0.25) is 0 Å². The number of ether oxygens (including phenoxy) is 1. The highest BCUT2D eigenvalue weighted by atomic mass is 16.5. The minimum absolute atomic E-state index is 0.754. The molecule has 1 saturated heterocycles. The van der Waals surface area contributed by atoms with Crippen molar-refractivity contribution in [2.24, 2.45) is 0 Å². The lowest BCUT2D eigenvalue weighted by atomic mass is 10.2. The molecule has 0 aliphatic carbocycles. The molecular weight excluding hydrogens is 236 g/mol. The number of nitrogens with one attached hydrogen (secondary N) is 1. The Labute approximate surface area is 114 Å². The van der Waals surface area contributed by atoms with Gasteiger partial charge in [-0.25, -0.2) is 0 Å². The molecule has 1 atom stereocenters. The van der Waals surface area contributed by atoms with Gasteiger partial charge in [0.25, 0.3) is 0 Å². The quantitative estimate of drug-likeness (QED) is 0.912.